The van der Waals surface area contributed by atoms with Crippen molar-refractivity contribution in [1.82, 2.24) is 0 Å². The van der Waals surface area contributed by atoms with Gasteiger partial charge in [0.25, 0.3) is 0 Å². The molecule has 12 heavy (non-hydrogen) atoms. The van der Waals surface area contributed by atoms with Gasteiger partial charge < -0.3 is 5.11 Å². The summed E-state index contributed by atoms with van der Waals surface area (Å²) in [6, 6.07) is 4.93. The molecule has 0 amide bonds. The van der Waals surface area contributed by atoms with Gasteiger partial charge in [-0.1, -0.05) is 29.3 Å². The van der Waals surface area contributed by atoms with Crippen LogP contribution in [0.4, 0.5) is 0 Å². The van der Waals surface area contributed by atoms with Gasteiger partial charge in [-0.05, 0) is 30.2 Å². The molecule has 0 aliphatic rings. The maximum Gasteiger partial charge on any atom is 0.119 e. The fraction of sp³-hybridized carbons (Fsp3) is 0.111. The Hall–Kier alpha value is -0.660. The Kier molecular flexibility index (Phi) is 3.45. The Morgan fingerprint density at radius 2 is 2.17 bits per heavy atom. The smallest absolute Gasteiger partial charge is 0.119 e. The minimum atomic E-state index is 0.245. The molecule has 0 saturated heterocycles. The molecular formula is C9H8Cl2O. The van der Waals surface area contributed by atoms with E-state index in [9.17, 15) is 5.11 Å². The zero-order chi connectivity index (χ0) is 8.97. The van der Waals surface area contributed by atoms with E-state index in [1.54, 1.807) is 24.3 Å². The van der Waals surface area contributed by atoms with Crippen molar-refractivity contribution in [2.24, 2.45) is 0 Å². The summed E-state index contributed by atoms with van der Waals surface area (Å²) in [6.07, 6.45) is 2.34. The highest BCUT2D eigenvalue weighted by atomic mass is 35.5. The molecule has 0 radical (unpaired) electrons. The summed E-state index contributed by atoms with van der Waals surface area (Å²) >= 11 is 11.1. The van der Waals surface area contributed by atoms with Gasteiger partial charge in [-0.15, -0.1) is 0 Å². The molecule has 1 aromatic carbocycles. The fourth-order valence-electron chi connectivity index (χ4n) is 0.889. The van der Waals surface area contributed by atoms with E-state index in [2.05, 4.69) is 0 Å². The highest BCUT2D eigenvalue weighted by Crippen LogP contribution is 2.21. The van der Waals surface area contributed by atoms with Crippen molar-refractivity contribution in [1.29, 1.82) is 0 Å². The molecule has 1 rings (SSSR count). The third-order valence-electron chi connectivity index (χ3n) is 1.47. The number of hydrogen-bond donors (Lipinski definition) is 1. The van der Waals surface area contributed by atoms with Crippen LogP contribution in [0.3, 0.4) is 0 Å². The fourth-order valence-corrected chi connectivity index (χ4v) is 1.17. The van der Waals surface area contributed by atoms with Crippen molar-refractivity contribution >= 4 is 23.2 Å². The minimum Gasteiger partial charge on any atom is -0.508 e. The van der Waals surface area contributed by atoms with Crippen molar-refractivity contribution in [2.75, 3.05) is 0 Å². The van der Waals surface area contributed by atoms with Crippen molar-refractivity contribution in [2.45, 2.75) is 6.42 Å². The molecule has 0 atom stereocenters. The lowest BCUT2D eigenvalue weighted by Gasteiger charge is -2.00. The lowest BCUT2D eigenvalue weighted by molar-refractivity contribution is 0.470. The molecule has 1 aromatic rings. The second-order valence-electron chi connectivity index (χ2n) is 2.34. The molecule has 0 spiro atoms. The molecule has 0 saturated carbocycles. The Morgan fingerprint density at radius 1 is 1.42 bits per heavy atom. The van der Waals surface area contributed by atoms with E-state index >= 15 is 0 Å². The minimum absolute atomic E-state index is 0.245. The van der Waals surface area contributed by atoms with E-state index in [0.29, 0.717) is 11.4 Å². The third kappa shape index (κ3) is 2.43. The average molecular weight is 203 g/mol. The number of rotatable bonds is 2. The molecule has 0 heterocycles. The second kappa shape index (κ2) is 4.39. The topological polar surface area (TPSA) is 20.2 Å². The van der Waals surface area contributed by atoms with Crippen LogP contribution in [0.15, 0.2) is 29.8 Å². The molecule has 1 N–H and O–H groups in total. The van der Waals surface area contributed by atoms with E-state index in [0.717, 1.165) is 5.56 Å². The van der Waals surface area contributed by atoms with E-state index in [-0.39, 0.29) is 5.75 Å². The molecular weight excluding hydrogens is 195 g/mol. The number of benzene rings is 1. The van der Waals surface area contributed by atoms with Crippen molar-refractivity contribution in [3.8, 4) is 5.75 Å². The highest BCUT2D eigenvalue weighted by Gasteiger charge is 1.98. The molecule has 3 heteroatoms. The van der Waals surface area contributed by atoms with Crippen molar-refractivity contribution in [3.63, 3.8) is 0 Å². The van der Waals surface area contributed by atoms with Crippen LogP contribution in [0.2, 0.25) is 5.02 Å². The maximum atomic E-state index is 9.33. The van der Waals surface area contributed by atoms with Crippen molar-refractivity contribution < 1.29 is 5.11 Å². The van der Waals surface area contributed by atoms with E-state index < -0.39 is 0 Å². The van der Waals surface area contributed by atoms with Gasteiger partial charge in [-0.2, -0.15) is 0 Å². The summed E-state index contributed by atoms with van der Waals surface area (Å²) in [7, 11) is 0. The number of hydrogen-bond acceptors (Lipinski definition) is 1. The first-order valence-corrected chi connectivity index (χ1v) is 4.28. The molecule has 0 aliphatic carbocycles. The zero-order valence-electron chi connectivity index (χ0n) is 6.30. The summed E-state index contributed by atoms with van der Waals surface area (Å²) in [5.41, 5.74) is 2.19. The van der Waals surface area contributed by atoms with Crippen LogP contribution in [0.5, 0.6) is 5.75 Å². The lowest BCUT2D eigenvalue weighted by Crippen LogP contribution is -1.81. The quantitative estimate of drug-likeness (QED) is 0.781. The normalized spacial score (nSPS) is 10.8. The number of phenols is 1. The van der Waals surface area contributed by atoms with Gasteiger partial charge in [0.15, 0.2) is 0 Å². The summed E-state index contributed by atoms with van der Waals surface area (Å²) in [6.45, 7) is 0. The van der Waals surface area contributed by atoms with Crippen molar-refractivity contribution in [3.05, 3.63) is 40.4 Å². The Balaban J connectivity index is 2.89. The van der Waals surface area contributed by atoms with Crippen LogP contribution in [0.1, 0.15) is 5.56 Å². The first-order valence-electron chi connectivity index (χ1n) is 3.46. The highest BCUT2D eigenvalue weighted by molar-refractivity contribution is 6.30. The van der Waals surface area contributed by atoms with E-state index in [1.807, 2.05) is 0 Å². The van der Waals surface area contributed by atoms with Crippen LogP contribution in [-0.4, -0.2) is 5.11 Å². The summed E-state index contributed by atoms with van der Waals surface area (Å²) < 4.78 is 0. The SMILES string of the molecule is Oc1ccc(Cl)cc1C/C=C/Cl. The van der Waals surface area contributed by atoms with Gasteiger partial charge in [-0.25, -0.2) is 0 Å². The molecule has 0 fully saturated rings. The predicted molar refractivity (Wildman–Crippen MR) is 51.8 cm³/mol. The van der Waals surface area contributed by atoms with Gasteiger partial charge >= 0.3 is 0 Å². The van der Waals surface area contributed by atoms with Crippen LogP contribution < -0.4 is 0 Å². The number of phenolic OH excluding ortho intramolecular Hbond substituents is 1. The first-order chi connectivity index (χ1) is 5.74. The Morgan fingerprint density at radius 3 is 2.83 bits per heavy atom. The molecule has 64 valence electrons. The lowest BCUT2D eigenvalue weighted by atomic mass is 10.1. The second-order valence-corrected chi connectivity index (χ2v) is 3.03. The number of halogens is 2. The molecule has 1 nitrogen and oxygen atoms in total. The largest absolute Gasteiger partial charge is 0.508 e. The monoisotopic (exact) mass is 202 g/mol. The molecule has 0 bridgehead atoms. The third-order valence-corrected chi connectivity index (χ3v) is 1.88. The van der Waals surface area contributed by atoms with E-state index in [4.69, 9.17) is 23.2 Å². The maximum absolute atomic E-state index is 9.33. The summed E-state index contributed by atoms with van der Waals surface area (Å²) in [5, 5.41) is 9.94. The van der Waals surface area contributed by atoms with Crippen LogP contribution >= 0.6 is 23.2 Å². The van der Waals surface area contributed by atoms with Gasteiger partial charge in [0, 0.05) is 10.6 Å². The molecule has 0 aliphatic heterocycles. The van der Waals surface area contributed by atoms with Gasteiger partial charge in [-0.3, -0.25) is 0 Å². The number of aromatic hydroxyl groups is 1. The Bertz CT molecular complexity index is 295. The standard InChI is InChI=1S/C9H8Cl2O/c10-5-1-2-7-6-8(11)3-4-9(7)12/h1,3-6,12H,2H2/b5-1+. The summed E-state index contributed by atoms with van der Waals surface area (Å²) in [4.78, 5) is 0. The molecule has 0 unspecified atom stereocenters. The van der Waals surface area contributed by atoms with Gasteiger partial charge in [0.05, 0.1) is 0 Å². The zero-order valence-corrected chi connectivity index (χ0v) is 7.81. The summed E-state index contributed by atoms with van der Waals surface area (Å²) in [5.74, 6) is 0.245. The Labute approximate surface area is 81.2 Å². The van der Waals surface area contributed by atoms with E-state index in [1.165, 1.54) is 5.54 Å². The molecule has 0 aromatic heterocycles. The van der Waals surface area contributed by atoms with Gasteiger partial charge in [0.2, 0.25) is 0 Å². The van der Waals surface area contributed by atoms with Crippen LogP contribution in [0.25, 0.3) is 0 Å². The first kappa shape index (κ1) is 9.43. The predicted octanol–water partition coefficient (Wildman–Crippen LogP) is 3.34. The van der Waals surface area contributed by atoms with Crippen LogP contribution in [-0.2, 0) is 6.42 Å². The average Bonchev–Trinajstić information content (AvgIpc) is 2.07. The van der Waals surface area contributed by atoms with Crippen LogP contribution in [0, 0.1) is 0 Å². The number of allylic oxidation sites excluding steroid dienone is 1. The van der Waals surface area contributed by atoms with Gasteiger partial charge in [0.1, 0.15) is 5.75 Å².